The molecule has 0 radical (unpaired) electrons. The van der Waals surface area contributed by atoms with Crippen molar-refractivity contribution in [1.82, 2.24) is 9.55 Å². The van der Waals surface area contributed by atoms with E-state index < -0.39 is 5.97 Å². The molecular weight excluding hydrogens is 230 g/mol. The van der Waals surface area contributed by atoms with Crippen molar-refractivity contribution in [2.24, 2.45) is 7.05 Å². The van der Waals surface area contributed by atoms with Crippen molar-refractivity contribution in [3.8, 4) is 11.4 Å². The predicted octanol–water partition coefficient (Wildman–Crippen LogP) is 1.85. The fourth-order valence-electron chi connectivity index (χ4n) is 1.79. The molecule has 1 aromatic heterocycles. The largest absolute Gasteiger partial charge is 0.477 e. The Kier molecular flexibility index (Phi) is 3.06. The Morgan fingerprint density at radius 2 is 1.89 bits per heavy atom. The molecule has 1 heterocycles. The molecular formula is C13H15N3O2. The Morgan fingerprint density at radius 1 is 1.28 bits per heavy atom. The lowest BCUT2D eigenvalue weighted by Crippen LogP contribution is -2.08. The van der Waals surface area contributed by atoms with Gasteiger partial charge in [-0.25, -0.2) is 9.78 Å². The van der Waals surface area contributed by atoms with Gasteiger partial charge in [0.15, 0.2) is 0 Å². The molecule has 0 saturated heterocycles. The van der Waals surface area contributed by atoms with Gasteiger partial charge in [0.2, 0.25) is 0 Å². The SMILES string of the molecule is CN(C)c1ccc(-c2ncc(C(=O)O)n2C)cc1. The third kappa shape index (κ3) is 2.07. The third-order valence-electron chi connectivity index (χ3n) is 2.85. The quantitative estimate of drug-likeness (QED) is 0.896. The summed E-state index contributed by atoms with van der Waals surface area (Å²) in [5.41, 5.74) is 2.17. The summed E-state index contributed by atoms with van der Waals surface area (Å²) in [5, 5.41) is 8.98. The molecule has 5 nitrogen and oxygen atoms in total. The molecule has 5 heteroatoms. The number of carboxylic acid groups (broad SMARTS) is 1. The zero-order valence-corrected chi connectivity index (χ0v) is 10.6. The summed E-state index contributed by atoms with van der Waals surface area (Å²) in [4.78, 5) is 17.1. The van der Waals surface area contributed by atoms with E-state index in [9.17, 15) is 4.79 Å². The van der Waals surface area contributed by atoms with Crippen LogP contribution >= 0.6 is 0 Å². The van der Waals surface area contributed by atoms with Gasteiger partial charge < -0.3 is 14.6 Å². The van der Waals surface area contributed by atoms with Crippen LogP contribution in [-0.2, 0) is 7.05 Å². The van der Waals surface area contributed by atoms with E-state index >= 15 is 0 Å². The van der Waals surface area contributed by atoms with Gasteiger partial charge in [0.1, 0.15) is 11.5 Å². The number of nitrogens with zero attached hydrogens (tertiary/aromatic N) is 3. The second-order valence-electron chi connectivity index (χ2n) is 4.27. The fraction of sp³-hybridized carbons (Fsp3) is 0.231. The highest BCUT2D eigenvalue weighted by molar-refractivity contribution is 5.86. The first-order valence-electron chi connectivity index (χ1n) is 5.53. The number of hydrogen-bond acceptors (Lipinski definition) is 3. The first-order valence-corrected chi connectivity index (χ1v) is 5.53. The lowest BCUT2D eigenvalue weighted by molar-refractivity contribution is 0.0686. The standard InChI is InChI=1S/C13H15N3O2/c1-15(2)10-6-4-9(5-7-10)12-14-8-11(13(17)18)16(12)3/h4-8H,1-3H3,(H,17,18). The number of aromatic carboxylic acids is 1. The van der Waals surface area contributed by atoms with Gasteiger partial charge in [-0.2, -0.15) is 0 Å². The molecule has 0 amide bonds. The van der Waals surface area contributed by atoms with E-state index in [1.165, 1.54) is 6.20 Å². The van der Waals surface area contributed by atoms with Gasteiger partial charge in [0.05, 0.1) is 6.20 Å². The molecule has 0 fully saturated rings. The summed E-state index contributed by atoms with van der Waals surface area (Å²) >= 11 is 0. The maximum absolute atomic E-state index is 10.9. The van der Waals surface area contributed by atoms with Crippen molar-refractivity contribution >= 4 is 11.7 Å². The third-order valence-corrected chi connectivity index (χ3v) is 2.85. The highest BCUT2D eigenvalue weighted by atomic mass is 16.4. The van der Waals surface area contributed by atoms with Crippen molar-refractivity contribution in [2.45, 2.75) is 0 Å². The second-order valence-corrected chi connectivity index (χ2v) is 4.27. The maximum atomic E-state index is 10.9. The molecule has 0 saturated carbocycles. The number of benzene rings is 1. The number of anilines is 1. The van der Waals surface area contributed by atoms with E-state index in [0.717, 1.165) is 11.3 Å². The van der Waals surface area contributed by atoms with Gasteiger partial charge in [-0.3, -0.25) is 0 Å². The van der Waals surface area contributed by atoms with E-state index in [0.29, 0.717) is 5.82 Å². The molecule has 0 spiro atoms. The summed E-state index contributed by atoms with van der Waals surface area (Å²) in [6.07, 6.45) is 1.37. The maximum Gasteiger partial charge on any atom is 0.354 e. The molecule has 0 atom stereocenters. The zero-order valence-electron chi connectivity index (χ0n) is 10.6. The van der Waals surface area contributed by atoms with Gasteiger partial charge >= 0.3 is 5.97 Å². The predicted molar refractivity (Wildman–Crippen MR) is 69.9 cm³/mol. The lowest BCUT2D eigenvalue weighted by atomic mass is 10.2. The first-order chi connectivity index (χ1) is 8.50. The molecule has 0 unspecified atom stereocenters. The average molecular weight is 245 g/mol. The Morgan fingerprint density at radius 3 is 2.33 bits per heavy atom. The van der Waals surface area contributed by atoms with Crippen molar-refractivity contribution in [2.75, 3.05) is 19.0 Å². The highest BCUT2D eigenvalue weighted by Gasteiger charge is 2.13. The lowest BCUT2D eigenvalue weighted by Gasteiger charge is -2.12. The van der Waals surface area contributed by atoms with Crippen LogP contribution in [0.5, 0.6) is 0 Å². The second kappa shape index (κ2) is 4.52. The molecule has 18 heavy (non-hydrogen) atoms. The van der Waals surface area contributed by atoms with Crippen LogP contribution in [0.3, 0.4) is 0 Å². The van der Waals surface area contributed by atoms with Gasteiger partial charge in [0, 0.05) is 32.4 Å². The smallest absolute Gasteiger partial charge is 0.354 e. The van der Waals surface area contributed by atoms with Crippen LogP contribution in [0.25, 0.3) is 11.4 Å². The first kappa shape index (κ1) is 12.2. The van der Waals surface area contributed by atoms with E-state index in [-0.39, 0.29) is 5.69 Å². The molecule has 94 valence electrons. The van der Waals surface area contributed by atoms with Crippen LogP contribution < -0.4 is 4.90 Å². The number of hydrogen-bond donors (Lipinski definition) is 1. The van der Waals surface area contributed by atoms with Gasteiger partial charge in [-0.1, -0.05) is 0 Å². The number of carbonyl (C=O) groups is 1. The molecule has 1 aromatic carbocycles. The van der Waals surface area contributed by atoms with E-state index in [4.69, 9.17) is 5.11 Å². The molecule has 2 rings (SSSR count). The van der Waals surface area contributed by atoms with Crippen LogP contribution in [0, 0.1) is 0 Å². The number of aromatic nitrogens is 2. The molecule has 1 N–H and O–H groups in total. The number of imidazole rings is 1. The molecule has 0 aliphatic carbocycles. The van der Waals surface area contributed by atoms with Gasteiger partial charge in [-0.15, -0.1) is 0 Å². The monoisotopic (exact) mass is 245 g/mol. The summed E-state index contributed by atoms with van der Waals surface area (Å²) in [6.45, 7) is 0. The zero-order chi connectivity index (χ0) is 13.3. The Hall–Kier alpha value is -2.30. The van der Waals surface area contributed by atoms with E-state index in [1.54, 1.807) is 11.6 Å². The normalized spacial score (nSPS) is 10.4. The van der Waals surface area contributed by atoms with E-state index in [2.05, 4.69) is 4.98 Å². The van der Waals surface area contributed by atoms with Crippen molar-refractivity contribution in [1.29, 1.82) is 0 Å². The minimum absolute atomic E-state index is 0.182. The summed E-state index contributed by atoms with van der Waals surface area (Å²) in [7, 11) is 5.64. The Bertz CT molecular complexity index is 570. The average Bonchev–Trinajstić information content (AvgIpc) is 2.71. The van der Waals surface area contributed by atoms with Gasteiger partial charge in [0.25, 0.3) is 0 Å². The summed E-state index contributed by atoms with van der Waals surface area (Å²) in [6, 6.07) is 7.82. The number of rotatable bonds is 3. The van der Waals surface area contributed by atoms with Crippen LogP contribution in [0.1, 0.15) is 10.5 Å². The Labute approximate surface area is 105 Å². The minimum Gasteiger partial charge on any atom is -0.477 e. The number of carboxylic acids is 1. The van der Waals surface area contributed by atoms with Crippen LogP contribution in [-0.4, -0.2) is 34.7 Å². The molecule has 0 bridgehead atoms. The fourth-order valence-corrected chi connectivity index (χ4v) is 1.79. The van der Waals surface area contributed by atoms with Crippen molar-refractivity contribution < 1.29 is 9.90 Å². The van der Waals surface area contributed by atoms with Crippen LogP contribution in [0.4, 0.5) is 5.69 Å². The van der Waals surface area contributed by atoms with Crippen molar-refractivity contribution in [3.05, 3.63) is 36.2 Å². The van der Waals surface area contributed by atoms with Crippen LogP contribution in [0.15, 0.2) is 30.5 Å². The summed E-state index contributed by atoms with van der Waals surface area (Å²) in [5.74, 6) is -0.320. The van der Waals surface area contributed by atoms with Crippen molar-refractivity contribution in [3.63, 3.8) is 0 Å². The summed E-state index contributed by atoms with van der Waals surface area (Å²) < 4.78 is 1.58. The minimum atomic E-state index is -0.971. The Balaban J connectivity index is 2.40. The van der Waals surface area contributed by atoms with Crippen LogP contribution in [0.2, 0.25) is 0 Å². The van der Waals surface area contributed by atoms with E-state index in [1.807, 2.05) is 43.3 Å². The molecule has 2 aromatic rings. The topological polar surface area (TPSA) is 58.4 Å². The highest BCUT2D eigenvalue weighted by Crippen LogP contribution is 2.21. The molecule has 0 aliphatic rings. The van der Waals surface area contributed by atoms with Gasteiger partial charge in [-0.05, 0) is 24.3 Å². The molecule has 0 aliphatic heterocycles.